The van der Waals surface area contributed by atoms with Crippen LogP contribution in [-0.4, -0.2) is 28.0 Å². The molecule has 1 aliphatic rings. The molecule has 1 N–H and O–H groups in total. The number of benzene rings is 2. The molecule has 0 spiro atoms. The lowest BCUT2D eigenvalue weighted by molar-refractivity contribution is -0.119. The molecule has 6 nitrogen and oxygen atoms in total. The number of carbonyl (C=O) groups excluding carboxylic acids is 1. The molecule has 2 aromatic rings. The number of hydrogen-bond donors (Lipinski definition) is 1. The summed E-state index contributed by atoms with van der Waals surface area (Å²) in [7, 11) is -2.38. The van der Waals surface area contributed by atoms with Crippen LogP contribution in [0.25, 0.3) is 0 Å². The van der Waals surface area contributed by atoms with Crippen LogP contribution in [0.5, 0.6) is 5.75 Å². The monoisotopic (exact) mass is 388 g/mol. The summed E-state index contributed by atoms with van der Waals surface area (Å²) in [5.41, 5.74) is 2.93. The Morgan fingerprint density at radius 3 is 2.52 bits per heavy atom. The van der Waals surface area contributed by atoms with Crippen molar-refractivity contribution >= 4 is 27.3 Å². The SMILES string of the molecule is COc1cc(C)c(C)cc1S(=O)(=O)Nc1cccc(N2CCCCC2=O)c1. The van der Waals surface area contributed by atoms with E-state index in [1.54, 1.807) is 35.2 Å². The quantitative estimate of drug-likeness (QED) is 0.849. The number of aryl methyl sites for hydroxylation is 2. The van der Waals surface area contributed by atoms with Gasteiger partial charge >= 0.3 is 0 Å². The molecule has 1 fully saturated rings. The second-order valence-electron chi connectivity index (χ2n) is 6.75. The zero-order valence-electron chi connectivity index (χ0n) is 15.8. The molecule has 0 aromatic heterocycles. The fourth-order valence-corrected chi connectivity index (χ4v) is 4.45. The van der Waals surface area contributed by atoms with Gasteiger partial charge < -0.3 is 9.64 Å². The molecular weight excluding hydrogens is 364 g/mol. The van der Waals surface area contributed by atoms with Gasteiger partial charge in [0.1, 0.15) is 10.6 Å². The first-order chi connectivity index (χ1) is 12.8. The van der Waals surface area contributed by atoms with Crippen molar-refractivity contribution in [2.75, 3.05) is 23.3 Å². The van der Waals surface area contributed by atoms with Crippen LogP contribution in [0.2, 0.25) is 0 Å². The van der Waals surface area contributed by atoms with E-state index >= 15 is 0 Å². The minimum atomic E-state index is -3.83. The van der Waals surface area contributed by atoms with Gasteiger partial charge in [-0.1, -0.05) is 6.07 Å². The normalized spacial score (nSPS) is 14.9. The first-order valence-corrected chi connectivity index (χ1v) is 10.4. The summed E-state index contributed by atoms with van der Waals surface area (Å²) in [6, 6.07) is 10.2. The fraction of sp³-hybridized carbons (Fsp3) is 0.350. The van der Waals surface area contributed by atoms with Gasteiger partial charge in [0, 0.05) is 18.7 Å². The van der Waals surface area contributed by atoms with E-state index in [-0.39, 0.29) is 10.8 Å². The third-order valence-electron chi connectivity index (χ3n) is 4.80. The summed E-state index contributed by atoms with van der Waals surface area (Å²) in [6.45, 7) is 4.41. The second kappa shape index (κ2) is 7.60. The van der Waals surface area contributed by atoms with E-state index in [2.05, 4.69) is 4.72 Å². The van der Waals surface area contributed by atoms with Crippen molar-refractivity contribution < 1.29 is 17.9 Å². The van der Waals surface area contributed by atoms with E-state index in [1.807, 2.05) is 19.9 Å². The van der Waals surface area contributed by atoms with Gasteiger partial charge in [0.2, 0.25) is 5.91 Å². The zero-order valence-corrected chi connectivity index (χ0v) is 16.6. The number of carbonyl (C=O) groups is 1. The molecule has 2 aromatic carbocycles. The topological polar surface area (TPSA) is 75.7 Å². The summed E-state index contributed by atoms with van der Waals surface area (Å²) in [6.07, 6.45) is 2.37. The molecule has 27 heavy (non-hydrogen) atoms. The maximum Gasteiger partial charge on any atom is 0.265 e. The Kier molecular flexibility index (Phi) is 5.41. The number of nitrogens with zero attached hydrogens (tertiary/aromatic N) is 1. The molecule has 0 atom stereocenters. The number of rotatable bonds is 5. The molecule has 0 bridgehead atoms. The lowest BCUT2D eigenvalue weighted by Crippen LogP contribution is -2.35. The van der Waals surface area contributed by atoms with Crippen molar-refractivity contribution in [3.05, 3.63) is 47.5 Å². The molecule has 1 aliphatic heterocycles. The van der Waals surface area contributed by atoms with E-state index in [0.717, 1.165) is 24.0 Å². The molecule has 144 valence electrons. The van der Waals surface area contributed by atoms with Gasteiger partial charge in [-0.25, -0.2) is 8.42 Å². The van der Waals surface area contributed by atoms with E-state index in [1.165, 1.54) is 7.11 Å². The molecule has 7 heteroatoms. The van der Waals surface area contributed by atoms with Crippen molar-refractivity contribution in [1.82, 2.24) is 0 Å². The highest BCUT2D eigenvalue weighted by Gasteiger charge is 2.23. The third-order valence-corrected chi connectivity index (χ3v) is 6.21. The van der Waals surface area contributed by atoms with Crippen LogP contribution < -0.4 is 14.4 Å². The maximum absolute atomic E-state index is 12.9. The number of hydrogen-bond acceptors (Lipinski definition) is 4. The number of piperidine rings is 1. The van der Waals surface area contributed by atoms with Crippen LogP contribution in [0.3, 0.4) is 0 Å². The minimum absolute atomic E-state index is 0.0667. The molecule has 1 saturated heterocycles. The van der Waals surface area contributed by atoms with E-state index < -0.39 is 10.0 Å². The Balaban J connectivity index is 1.92. The molecule has 1 heterocycles. The molecule has 0 saturated carbocycles. The number of amides is 1. The predicted octanol–water partition coefficient (Wildman–Crippen LogP) is 3.63. The average Bonchev–Trinajstić information content (AvgIpc) is 2.63. The summed E-state index contributed by atoms with van der Waals surface area (Å²) in [5, 5.41) is 0. The minimum Gasteiger partial charge on any atom is -0.495 e. The van der Waals surface area contributed by atoms with Crippen LogP contribution in [0.4, 0.5) is 11.4 Å². The number of anilines is 2. The van der Waals surface area contributed by atoms with Crippen molar-refractivity contribution in [3.8, 4) is 5.75 Å². The van der Waals surface area contributed by atoms with Crippen molar-refractivity contribution in [2.45, 2.75) is 38.0 Å². The smallest absolute Gasteiger partial charge is 0.265 e. The van der Waals surface area contributed by atoms with Crippen molar-refractivity contribution in [1.29, 1.82) is 0 Å². The standard InChI is InChI=1S/C20H24N2O4S/c1-14-11-18(26-3)19(12-15(14)2)27(24,25)21-16-7-6-8-17(13-16)22-10-5-4-9-20(22)23/h6-8,11-13,21H,4-5,9-10H2,1-3H3. The molecular formula is C20H24N2O4S. The van der Waals surface area contributed by atoms with Crippen LogP contribution >= 0.6 is 0 Å². The first kappa shape index (κ1) is 19.2. The molecule has 0 aliphatic carbocycles. The van der Waals surface area contributed by atoms with Crippen molar-refractivity contribution in [2.24, 2.45) is 0 Å². The largest absolute Gasteiger partial charge is 0.495 e. The van der Waals surface area contributed by atoms with Gasteiger partial charge in [0.15, 0.2) is 0 Å². The number of methoxy groups -OCH3 is 1. The average molecular weight is 388 g/mol. The van der Waals surface area contributed by atoms with Crippen LogP contribution in [0.15, 0.2) is 41.3 Å². The maximum atomic E-state index is 12.9. The van der Waals surface area contributed by atoms with Gasteiger partial charge in [0.25, 0.3) is 10.0 Å². The lowest BCUT2D eigenvalue weighted by atomic mass is 10.1. The highest BCUT2D eigenvalue weighted by atomic mass is 32.2. The fourth-order valence-electron chi connectivity index (χ4n) is 3.16. The molecule has 0 radical (unpaired) electrons. The van der Waals surface area contributed by atoms with E-state index in [9.17, 15) is 13.2 Å². The number of sulfonamides is 1. The van der Waals surface area contributed by atoms with Gasteiger partial charge in [0.05, 0.1) is 12.8 Å². The van der Waals surface area contributed by atoms with Gasteiger partial charge in [-0.15, -0.1) is 0 Å². The van der Waals surface area contributed by atoms with E-state index in [0.29, 0.717) is 30.1 Å². The molecule has 0 unspecified atom stereocenters. The molecule has 1 amide bonds. The third kappa shape index (κ3) is 4.08. The second-order valence-corrected chi connectivity index (χ2v) is 8.40. The van der Waals surface area contributed by atoms with Crippen LogP contribution in [0, 0.1) is 13.8 Å². The van der Waals surface area contributed by atoms with Gasteiger partial charge in [-0.2, -0.15) is 0 Å². The number of nitrogens with one attached hydrogen (secondary N) is 1. The Hall–Kier alpha value is -2.54. The molecule has 3 rings (SSSR count). The summed E-state index contributed by atoms with van der Waals surface area (Å²) in [5.74, 6) is 0.366. The Morgan fingerprint density at radius 2 is 1.81 bits per heavy atom. The van der Waals surface area contributed by atoms with E-state index in [4.69, 9.17) is 4.74 Å². The lowest BCUT2D eigenvalue weighted by Gasteiger charge is -2.27. The van der Waals surface area contributed by atoms with Crippen LogP contribution in [0.1, 0.15) is 30.4 Å². The van der Waals surface area contributed by atoms with Gasteiger partial charge in [-0.05, 0) is 68.1 Å². The summed E-state index contributed by atoms with van der Waals surface area (Å²) < 4.78 is 33.7. The zero-order chi connectivity index (χ0) is 19.6. The highest BCUT2D eigenvalue weighted by Crippen LogP contribution is 2.30. The Labute approximate surface area is 160 Å². The van der Waals surface area contributed by atoms with Crippen molar-refractivity contribution in [3.63, 3.8) is 0 Å². The first-order valence-electron chi connectivity index (χ1n) is 8.90. The predicted molar refractivity (Wildman–Crippen MR) is 106 cm³/mol. The van der Waals surface area contributed by atoms with Gasteiger partial charge in [-0.3, -0.25) is 9.52 Å². The van der Waals surface area contributed by atoms with Crippen LogP contribution in [-0.2, 0) is 14.8 Å². The number of ether oxygens (including phenoxy) is 1. The summed E-state index contributed by atoms with van der Waals surface area (Å²) >= 11 is 0. The Morgan fingerprint density at radius 1 is 1.07 bits per heavy atom. The Bertz CT molecular complexity index is 970. The highest BCUT2D eigenvalue weighted by molar-refractivity contribution is 7.92. The summed E-state index contributed by atoms with van der Waals surface area (Å²) in [4.78, 5) is 13.9.